The third-order valence-corrected chi connectivity index (χ3v) is 4.15. The molecule has 0 spiro atoms. The number of likely N-dealkylation sites (tertiary alicyclic amines) is 1. The van der Waals surface area contributed by atoms with Gasteiger partial charge in [-0.3, -0.25) is 0 Å². The van der Waals surface area contributed by atoms with Crippen molar-refractivity contribution in [2.24, 2.45) is 13.0 Å². The number of nitrogens with zero attached hydrogens (tertiary/aromatic N) is 3. The van der Waals surface area contributed by atoms with Crippen molar-refractivity contribution in [3.8, 4) is 0 Å². The molecule has 0 saturated carbocycles. The maximum absolute atomic E-state index is 4.38. The number of aryl methyl sites for hydroxylation is 1. The lowest BCUT2D eigenvalue weighted by Gasteiger charge is -2.32. The number of rotatable bonds is 5. The van der Waals surface area contributed by atoms with E-state index in [1.165, 1.54) is 38.2 Å². The van der Waals surface area contributed by atoms with E-state index in [4.69, 9.17) is 0 Å². The molecule has 1 fully saturated rings. The fourth-order valence-electron chi connectivity index (χ4n) is 2.64. The molecule has 2 rings (SSSR count). The van der Waals surface area contributed by atoms with Crippen LogP contribution in [-0.2, 0) is 13.5 Å². The van der Waals surface area contributed by atoms with Crippen molar-refractivity contribution < 1.29 is 0 Å². The quantitative estimate of drug-likeness (QED) is 0.779. The van der Waals surface area contributed by atoms with E-state index in [1.54, 1.807) is 0 Å². The fourth-order valence-corrected chi connectivity index (χ4v) is 3.29. The molecule has 2 heterocycles. The third kappa shape index (κ3) is 3.81. The predicted molar refractivity (Wildman–Crippen MR) is 74.5 cm³/mol. The summed E-state index contributed by atoms with van der Waals surface area (Å²) in [6.07, 6.45) is 9.07. The highest BCUT2D eigenvalue weighted by molar-refractivity contribution is 9.09. The predicted octanol–water partition coefficient (Wildman–Crippen LogP) is 2.46. The number of halogens is 1. The second-order valence-corrected chi connectivity index (χ2v) is 5.78. The van der Waals surface area contributed by atoms with Crippen molar-refractivity contribution in [1.82, 2.24) is 14.5 Å². The van der Waals surface area contributed by atoms with Crippen LogP contribution in [0.4, 0.5) is 0 Å². The Bertz CT molecular complexity index is 335. The molecule has 0 amide bonds. The Kier molecular flexibility index (Phi) is 5.04. The van der Waals surface area contributed by atoms with Crippen LogP contribution >= 0.6 is 15.9 Å². The van der Waals surface area contributed by atoms with Crippen molar-refractivity contribution in [3.05, 3.63) is 18.2 Å². The van der Waals surface area contributed by atoms with Crippen LogP contribution in [0.25, 0.3) is 0 Å². The standard InChI is InChI=1S/C13H22BrN3/c1-16-10-7-15-13(16)5-9-17-8-2-3-12(11-17)4-6-14/h7,10,12H,2-6,8-9,11H2,1H3. The molecular weight excluding hydrogens is 278 g/mol. The Morgan fingerprint density at radius 1 is 1.53 bits per heavy atom. The molecule has 1 aromatic heterocycles. The Labute approximate surface area is 112 Å². The monoisotopic (exact) mass is 299 g/mol. The van der Waals surface area contributed by atoms with E-state index >= 15 is 0 Å². The zero-order chi connectivity index (χ0) is 12.1. The molecule has 17 heavy (non-hydrogen) atoms. The van der Waals surface area contributed by atoms with E-state index < -0.39 is 0 Å². The number of imidazole rings is 1. The molecule has 1 atom stereocenters. The fraction of sp³-hybridized carbons (Fsp3) is 0.769. The number of hydrogen-bond donors (Lipinski definition) is 0. The average molecular weight is 300 g/mol. The van der Waals surface area contributed by atoms with Gasteiger partial charge in [-0.2, -0.15) is 0 Å². The highest BCUT2D eigenvalue weighted by atomic mass is 79.9. The molecule has 1 aliphatic heterocycles. The molecule has 0 aromatic carbocycles. The van der Waals surface area contributed by atoms with Gasteiger partial charge in [0.15, 0.2) is 0 Å². The summed E-state index contributed by atoms with van der Waals surface area (Å²) in [5.74, 6) is 2.09. The molecule has 0 aliphatic carbocycles. The van der Waals surface area contributed by atoms with Crippen LogP contribution < -0.4 is 0 Å². The first-order chi connectivity index (χ1) is 8.29. The molecule has 3 nitrogen and oxygen atoms in total. The van der Waals surface area contributed by atoms with Gasteiger partial charge in [-0.15, -0.1) is 0 Å². The van der Waals surface area contributed by atoms with Gasteiger partial charge in [0.1, 0.15) is 5.82 Å². The summed E-state index contributed by atoms with van der Waals surface area (Å²) in [6.45, 7) is 3.70. The molecule has 1 aliphatic rings. The van der Waals surface area contributed by atoms with E-state index in [0.717, 1.165) is 24.2 Å². The minimum atomic E-state index is 0.893. The van der Waals surface area contributed by atoms with Gasteiger partial charge in [0.25, 0.3) is 0 Å². The van der Waals surface area contributed by atoms with Gasteiger partial charge in [0, 0.05) is 44.3 Å². The molecule has 1 unspecified atom stereocenters. The van der Waals surface area contributed by atoms with Gasteiger partial charge >= 0.3 is 0 Å². The third-order valence-electron chi connectivity index (χ3n) is 3.69. The average Bonchev–Trinajstić information content (AvgIpc) is 2.73. The zero-order valence-electron chi connectivity index (χ0n) is 10.6. The van der Waals surface area contributed by atoms with Gasteiger partial charge in [-0.25, -0.2) is 4.98 Å². The number of hydrogen-bond acceptors (Lipinski definition) is 2. The molecule has 1 saturated heterocycles. The van der Waals surface area contributed by atoms with Crippen LogP contribution in [0.1, 0.15) is 25.1 Å². The van der Waals surface area contributed by atoms with Gasteiger partial charge in [0.05, 0.1) is 0 Å². The van der Waals surface area contributed by atoms with Crippen LogP contribution in [0.5, 0.6) is 0 Å². The second-order valence-electron chi connectivity index (χ2n) is 4.99. The summed E-state index contributed by atoms with van der Waals surface area (Å²) in [5.41, 5.74) is 0. The van der Waals surface area contributed by atoms with Crippen LogP contribution in [0.15, 0.2) is 12.4 Å². The summed E-state index contributed by atoms with van der Waals surface area (Å²) >= 11 is 3.55. The Morgan fingerprint density at radius 3 is 3.12 bits per heavy atom. The second kappa shape index (κ2) is 6.55. The first-order valence-corrected chi connectivity index (χ1v) is 7.66. The highest BCUT2D eigenvalue weighted by Crippen LogP contribution is 2.20. The van der Waals surface area contributed by atoms with Crippen molar-refractivity contribution in [1.29, 1.82) is 0 Å². The van der Waals surface area contributed by atoms with Crippen molar-refractivity contribution in [3.63, 3.8) is 0 Å². The molecule has 0 radical (unpaired) electrons. The molecule has 4 heteroatoms. The van der Waals surface area contributed by atoms with Crippen molar-refractivity contribution in [2.75, 3.05) is 25.0 Å². The van der Waals surface area contributed by atoms with E-state index in [1.807, 2.05) is 12.4 Å². The lowest BCUT2D eigenvalue weighted by atomic mass is 9.95. The molecule has 0 N–H and O–H groups in total. The Balaban J connectivity index is 1.77. The number of aromatic nitrogens is 2. The Morgan fingerprint density at radius 2 is 2.41 bits per heavy atom. The summed E-state index contributed by atoms with van der Waals surface area (Å²) in [7, 11) is 2.08. The first-order valence-electron chi connectivity index (χ1n) is 6.54. The smallest absolute Gasteiger partial charge is 0.109 e. The number of piperidine rings is 1. The van der Waals surface area contributed by atoms with Gasteiger partial charge in [-0.1, -0.05) is 15.9 Å². The summed E-state index contributed by atoms with van der Waals surface area (Å²) in [6, 6.07) is 0. The van der Waals surface area contributed by atoms with Gasteiger partial charge in [0.2, 0.25) is 0 Å². The molecule has 0 bridgehead atoms. The lowest BCUT2D eigenvalue weighted by Crippen LogP contribution is -2.37. The van der Waals surface area contributed by atoms with E-state index in [-0.39, 0.29) is 0 Å². The van der Waals surface area contributed by atoms with E-state index in [0.29, 0.717) is 0 Å². The molecule has 96 valence electrons. The zero-order valence-corrected chi connectivity index (χ0v) is 12.2. The summed E-state index contributed by atoms with van der Waals surface area (Å²) < 4.78 is 2.12. The largest absolute Gasteiger partial charge is 0.338 e. The highest BCUT2D eigenvalue weighted by Gasteiger charge is 2.19. The lowest BCUT2D eigenvalue weighted by molar-refractivity contribution is 0.173. The van der Waals surface area contributed by atoms with E-state index in [9.17, 15) is 0 Å². The van der Waals surface area contributed by atoms with Crippen LogP contribution in [0.2, 0.25) is 0 Å². The first kappa shape index (κ1) is 13.1. The normalized spacial score (nSPS) is 21.9. The van der Waals surface area contributed by atoms with Crippen molar-refractivity contribution in [2.45, 2.75) is 25.7 Å². The van der Waals surface area contributed by atoms with E-state index in [2.05, 4.69) is 37.4 Å². The topological polar surface area (TPSA) is 21.1 Å². The molecular formula is C13H22BrN3. The SMILES string of the molecule is Cn1ccnc1CCN1CCCC(CCBr)C1. The summed E-state index contributed by atoms with van der Waals surface area (Å²) in [5, 5.41) is 1.14. The summed E-state index contributed by atoms with van der Waals surface area (Å²) in [4.78, 5) is 6.99. The maximum atomic E-state index is 4.38. The van der Waals surface area contributed by atoms with Crippen molar-refractivity contribution >= 4 is 15.9 Å². The number of alkyl halides is 1. The van der Waals surface area contributed by atoms with Gasteiger partial charge in [-0.05, 0) is 31.7 Å². The Hall–Kier alpha value is -0.350. The molecule has 1 aromatic rings. The van der Waals surface area contributed by atoms with Gasteiger partial charge < -0.3 is 9.47 Å². The minimum Gasteiger partial charge on any atom is -0.338 e. The maximum Gasteiger partial charge on any atom is 0.109 e. The van der Waals surface area contributed by atoms with Crippen LogP contribution in [0, 0.1) is 5.92 Å². The van der Waals surface area contributed by atoms with Crippen LogP contribution in [0.3, 0.4) is 0 Å². The minimum absolute atomic E-state index is 0.893. The van der Waals surface area contributed by atoms with Crippen LogP contribution in [-0.4, -0.2) is 39.4 Å².